The van der Waals surface area contributed by atoms with E-state index in [9.17, 15) is 14.7 Å². The molecule has 1 amide bonds. The Kier molecular flexibility index (Phi) is 2.36. The molecule has 0 unspecified atom stereocenters. The zero-order valence-corrected chi connectivity index (χ0v) is 10.8. The van der Waals surface area contributed by atoms with Gasteiger partial charge < -0.3 is 15.4 Å². The molecule has 2 heterocycles. The molecule has 0 atom stereocenters. The van der Waals surface area contributed by atoms with Gasteiger partial charge in [-0.2, -0.15) is 0 Å². The summed E-state index contributed by atoms with van der Waals surface area (Å²) in [7, 11) is 1.57. The number of aryl methyl sites for hydroxylation is 1. The zero-order valence-electron chi connectivity index (χ0n) is 10.0. The number of rotatable bonds is 1. The van der Waals surface area contributed by atoms with Crippen molar-refractivity contribution in [1.82, 2.24) is 4.57 Å². The summed E-state index contributed by atoms with van der Waals surface area (Å²) in [6, 6.07) is 7.50. The van der Waals surface area contributed by atoms with E-state index in [4.69, 9.17) is 5.73 Å². The normalized spacial score (nSPS) is 11.2. The number of nitrogens with two attached hydrogens (primary N) is 1. The lowest BCUT2D eigenvalue weighted by molar-refractivity contribution is 0.0996. The minimum absolute atomic E-state index is 0.327. The minimum atomic E-state index is -0.919. The van der Waals surface area contributed by atoms with Crippen molar-refractivity contribution in [1.29, 1.82) is 0 Å². The second-order valence-corrected chi connectivity index (χ2v) is 5.28. The molecule has 2 aromatic heterocycles. The maximum atomic E-state index is 12.1. The molecule has 3 N–H and O–H groups in total. The van der Waals surface area contributed by atoms with Crippen LogP contribution in [0, 0.1) is 0 Å². The number of benzene rings is 1. The largest absolute Gasteiger partial charge is 0.505 e. The highest BCUT2D eigenvalue weighted by atomic mass is 32.1. The van der Waals surface area contributed by atoms with Gasteiger partial charge in [0.1, 0.15) is 5.56 Å². The standard InChI is InChI=1S/C13H10N2O3S/c1-15-9-6-4-2-3-5-7(6)19-11(9)10(16)8(12(14)17)13(15)18/h2-5,16H,1H3,(H2,14,17). The number of aromatic nitrogens is 1. The third-order valence-electron chi connectivity index (χ3n) is 3.12. The molecule has 6 heteroatoms. The molecule has 0 aliphatic rings. The smallest absolute Gasteiger partial charge is 0.267 e. The Hall–Kier alpha value is -2.34. The number of hydrogen-bond donors (Lipinski definition) is 2. The van der Waals surface area contributed by atoms with Crippen molar-refractivity contribution < 1.29 is 9.90 Å². The third-order valence-corrected chi connectivity index (χ3v) is 4.29. The lowest BCUT2D eigenvalue weighted by Gasteiger charge is -2.06. The summed E-state index contributed by atoms with van der Waals surface area (Å²) < 4.78 is 2.79. The van der Waals surface area contributed by atoms with E-state index in [0.717, 1.165) is 10.1 Å². The van der Waals surface area contributed by atoms with Gasteiger partial charge in [0.05, 0.1) is 10.2 Å². The summed E-state index contributed by atoms with van der Waals surface area (Å²) in [6.45, 7) is 0. The van der Waals surface area contributed by atoms with Crippen LogP contribution in [0.2, 0.25) is 0 Å². The summed E-state index contributed by atoms with van der Waals surface area (Å²) in [4.78, 5) is 23.4. The van der Waals surface area contributed by atoms with Gasteiger partial charge in [-0.15, -0.1) is 11.3 Å². The van der Waals surface area contributed by atoms with Crippen molar-refractivity contribution in [3.05, 3.63) is 40.2 Å². The minimum Gasteiger partial charge on any atom is -0.505 e. The average Bonchev–Trinajstić information content (AvgIpc) is 2.75. The number of aromatic hydroxyl groups is 1. The van der Waals surface area contributed by atoms with E-state index in [-0.39, 0.29) is 11.3 Å². The zero-order chi connectivity index (χ0) is 13.7. The number of thiophene rings is 1. The van der Waals surface area contributed by atoms with E-state index in [0.29, 0.717) is 10.2 Å². The first-order valence-corrected chi connectivity index (χ1v) is 6.37. The monoisotopic (exact) mass is 274 g/mol. The molecule has 19 heavy (non-hydrogen) atoms. The Morgan fingerprint density at radius 1 is 1.37 bits per heavy atom. The number of nitrogens with zero attached hydrogens (tertiary/aromatic N) is 1. The number of fused-ring (bicyclic) bond motifs is 3. The van der Waals surface area contributed by atoms with Crippen molar-refractivity contribution >= 4 is 37.5 Å². The molecule has 5 nitrogen and oxygen atoms in total. The summed E-state index contributed by atoms with van der Waals surface area (Å²) in [5, 5.41) is 11.0. The average molecular weight is 274 g/mol. The molecule has 1 aromatic carbocycles. The number of amides is 1. The van der Waals surface area contributed by atoms with Gasteiger partial charge in [0.15, 0.2) is 5.75 Å². The second-order valence-electron chi connectivity index (χ2n) is 4.23. The van der Waals surface area contributed by atoms with Crippen molar-refractivity contribution in [2.75, 3.05) is 0 Å². The van der Waals surface area contributed by atoms with Crippen LogP contribution in [0.25, 0.3) is 20.3 Å². The maximum Gasteiger partial charge on any atom is 0.267 e. The summed E-state index contributed by atoms with van der Waals surface area (Å²) in [5.74, 6) is -1.25. The number of carbonyl (C=O) groups excluding carboxylic acids is 1. The Labute approximate surface area is 111 Å². The number of carbonyl (C=O) groups is 1. The van der Waals surface area contributed by atoms with E-state index in [1.807, 2.05) is 24.3 Å². The van der Waals surface area contributed by atoms with E-state index >= 15 is 0 Å². The Morgan fingerprint density at radius 2 is 2.05 bits per heavy atom. The fraction of sp³-hybridized carbons (Fsp3) is 0.0769. The van der Waals surface area contributed by atoms with E-state index < -0.39 is 11.5 Å². The van der Waals surface area contributed by atoms with Crippen LogP contribution in [-0.4, -0.2) is 15.6 Å². The van der Waals surface area contributed by atoms with Crippen LogP contribution < -0.4 is 11.3 Å². The van der Waals surface area contributed by atoms with E-state index in [1.165, 1.54) is 15.9 Å². The predicted molar refractivity (Wildman–Crippen MR) is 74.8 cm³/mol. The third kappa shape index (κ3) is 1.47. The van der Waals surface area contributed by atoms with Gasteiger partial charge in [-0.05, 0) is 6.07 Å². The van der Waals surface area contributed by atoms with Crippen LogP contribution in [0.5, 0.6) is 5.75 Å². The summed E-state index contributed by atoms with van der Waals surface area (Å²) in [6.07, 6.45) is 0. The van der Waals surface area contributed by atoms with Crippen molar-refractivity contribution in [2.45, 2.75) is 0 Å². The molecule has 0 saturated carbocycles. The van der Waals surface area contributed by atoms with Crippen LogP contribution in [0.3, 0.4) is 0 Å². The van der Waals surface area contributed by atoms with Gasteiger partial charge in [-0.3, -0.25) is 9.59 Å². The molecular formula is C13H10N2O3S. The summed E-state index contributed by atoms with van der Waals surface area (Å²) in [5.41, 5.74) is 4.84. The first-order chi connectivity index (χ1) is 9.02. The van der Waals surface area contributed by atoms with Crippen molar-refractivity contribution in [3.8, 4) is 5.75 Å². The van der Waals surface area contributed by atoms with Crippen LogP contribution in [-0.2, 0) is 7.05 Å². The molecule has 0 fully saturated rings. The molecule has 3 rings (SSSR count). The van der Waals surface area contributed by atoms with Gasteiger partial charge in [0.2, 0.25) is 0 Å². The highest BCUT2D eigenvalue weighted by Crippen LogP contribution is 2.38. The molecule has 0 spiro atoms. The van der Waals surface area contributed by atoms with Crippen LogP contribution in [0.15, 0.2) is 29.1 Å². The quantitative estimate of drug-likeness (QED) is 0.706. The van der Waals surface area contributed by atoms with Gasteiger partial charge in [-0.25, -0.2) is 0 Å². The maximum absolute atomic E-state index is 12.1. The molecule has 0 aliphatic carbocycles. The molecule has 0 radical (unpaired) electrons. The highest BCUT2D eigenvalue weighted by Gasteiger charge is 2.21. The van der Waals surface area contributed by atoms with Crippen molar-refractivity contribution in [3.63, 3.8) is 0 Å². The topological polar surface area (TPSA) is 85.3 Å². The van der Waals surface area contributed by atoms with Crippen molar-refractivity contribution in [2.24, 2.45) is 12.8 Å². The van der Waals surface area contributed by atoms with E-state index in [2.05, 4.69) is 0 Å². The van der Waals surface area contributed by atoms with Gasteiger partial charge in [0, 0.05) is 17.1 Å². The number of hydrogen-bond acceptors (Lipinski definition) is 4. The molecule has 96 valence electrons. The number of primary amides is 1. The Bertz CT molecular complexity index is 892. The van der Waals surface area contributed by atoms with Gasteiger partial charge in [0.25, 0.3) is 11.5 Å². The van der Waals surface area contributed by atoms with Gasteiger partial charge in [-0.1, -0.05) is 18.2 Å². The fourth-order valence-electron chi connectivity index (χ4n) is 2.23. The van der Waals surface area contributed by atoms with Gasteiger partial charge >= 0.3 is 0 Å². The highest BCUT2D eigenvalue weighted by molar-refractivity contribution is 7.26. The fourth-order valence-corrected chi connectivity index (χ4v) is 3.42. The second kappa shape index (κ2) is 3.83. The first-order valence-electron chi connectivity index (χ1n) is 5.55. The predicted octanol–water partition coefficient (Wildman–Crippen LogP) is 1.56. The molecule has 0 bridgehead atoms. The summed E-state index contributed by atoms with van der Waals surface area (Å²) >= 11 is 1.33. The molecule has 3 aromatic rings. The van der Waals surface area contributed by atoms with E-state index in [1.54, 1.807) is 7.05 Å². The molecule has 0 aliphatic heterocycles. The lowest BCUT2D eigenvalue weighted by atomic mass is 10.1. The number of pyridine rings is 1. The lowest BCUT2D eigenvalue weighted by Crippen LogP contribution is -2.28. The Balaban J connectivity index is 2.66. The first kappa shape index (κ1) is 11.7. The molecular weight excluding hydrogens is 264 g/mol. The SMILES string of the molecule is Cn1c(=O)c(C(N)=O)c(O)c2sc3ccccc3c21. The van der Waals surface area contributed by atoms with Crippen LogP contribution in [0.4, 0.5) is 0 Å². The van der Waals surface area contributed by atoms with Crippen LogP contribution >= 0.6 is 11.3 Å². The van der Waals surface area contributed by atoms with Crippen LogP contribution in [0.1, 0.15) is 10.4 Å². The molecule has 0 saturated heterocycles. The Morgan fingerprint density at radius 3 is 2.74 bits per heavy atom.